The quantitative estimate of drug-likeness (QED) is 0.303. The Balaban J connectivity index is 3.69. The molecular formula is C4H8N2O3S. The molecule has 0 fully saturated rings. The Labute approximate surface area is 59.2 Å². The van der Waals surface area contributed by atoms with Crippen molar-refractivity contribution in [3.05, 3.63) is 12.0 Å². The highest BCUT2D eigenvalue weighted by Crippen LogP contribution is 1.78. The highest BCUT2D eigenvalue weighted by Gasteiger charge is 1.99. The molecule has 0 rings (SSSR count). The number of hydrogen-bond acceptors (Lipinski definition) is 3. The third-order valence-electron chi connectivity index (χ3n) is 0.678. The van der Waals surface area contributed by atoms with E-state index in [1.165, 1.54) is 0 Å². The van der Waals surface area contributed by atoms with Crippen molar-refractivity contribution < 1.29 is 13.2 Å². The molecule has 0 atom stereocenters. The zero-order chi connectivity index (χ0) is 8.04. The molecule has 0 saturated carbocycles. The Hall–Kier alpha value is -0.880. The predicted octanol–water partition coefficient (Wildman–Crippen LogP) is -1.25. The number of rotatable bonds is 5. The Morgan fingerprint density at radius 2 is 2.10 bits per heavy atom. The minimum Gasteiger partial charge on any atom is -0.345 e. The van der Waals surface area contributed by atoms with Gasteiger partial charge in [-0.05, 0) is 0 Å². The van der Waals surface area contributed by atoms with Crippen LogP contribution in [0.15, 0.2) is 12.0 Å². The highest BCUT2D eigenvalue weighted by molar-refractivity contribution is 7.92. The number of sulfonamides is 1. The zero-order valence-corrected chi connectivity index (χ0v) is 6.02. The molecule has 0 aromatic heterocycles. The maximum Gasteiger partial charge on any atom is 0.234 e. The first kappa shape index (κ1) is 9.12. The number of nitrogens with one attached hydrogen (secondary N) is 2. The molecule has 6 heteroatoms. The average Bonchev–Trinajstić information content (AvgIpc) is 1.89. The summed E-state index contributed by atoms with van der Waals surface area (Å²) in [6.45, 7) is 2.93. The van der Waals surface area contributed by atoms with E-state index in [2.05, 4.69) is 11.9 Å². The molecule has 0 saturated heterocycles. The first-order valence-electron chi connectivity index (χ1n) is 2.41. The van der Waals surface area contributed by atoms with Crippen molar-refractivity contribution in [3.63, 3.8) is 0 Å². The van der Waals surface area contributed by atoms with E-state index in [4.69, 9.17) is 0 Å². The summed E-state index contributed by atoms with van der Waals surface area (Å²) in [7, 11) is -3.40. The fraction of sp³-hybridized carbons (Fsp3) is 0.250. The van der Waals surface area contributed by atoms with E-state index in [-0.39, 0.29) is 6.67 Å². The maximum absolute atomic E-state index is 10.5. The van der Waals surface area contributed by atoms with Gasteiger partial charge in [0.25, 0.3) is 0 Å². The van der Waals surface area contributed by atoms with Gasteiger partial charge < -0.3 is 5.32 Å². The van der Waals surface area contributed by atoms with Gasteiger partial charge in [-0.2, -0.15) is 4.72 Å². The van der Waals surface area contributed by atoms with Crippen LogP contribution in [-0.2, 0) is 14.8 Å². The van der Waals surface area contributed by atoms with E-state index < -0.39 is 10.0 Å². The Morgan fingerprint density at radius 1 is 1.50 bits per heavy atom. The van der Waals surface area contributed by atoms with Gasteiger partial charge in [0, 0.05) is 5.41 Å². The zero-order valence-electron chi connectivity index (χ0n) is 5.20. The Morgan fingerprint density at radius 3 is 2.50 bits per heavy atom. The van der Waals surface area contributed by atoms with E-state index in [9.17, 15) is 13.2 Å². The fourth-order valence-corrected chi connectivity index (χ4v) is 0.645. The molecule has 0 aliphatic carbocycles. The molecule has 0 heterocycles. The number of amides is 1. The third kappa shape index (κ3) is 4.04. The lowest BCUT2D eigenvalue weighted by atomic mass is 11.1. The molecule has 58 valence electrons. The van der Waals surface area contributed by atoms with Crippen LogP contribution in [0.25, 0.3) is 0 Å². The monoisotopic (exact) mass is 164 g/mol. The molecular weight excluding hydrogens is 156 g/mol. The normalized spacial score (nSPS) is 10.4. The molecule has 2 N–H and O–H groups in total. The minimum atomic E-state index is -3.40. The largest absolute Gasteiger partial charge is 0.345 e. The van der Waals surface area contributed by atoms with E-state index in [0.29, 0.717) is 6.41 Å². The molecule has 0 unspecified atom stereocenters. The van der Waals surface area contributed by atoms with Gasteiger partial charge in [0.05, 0.1) is 6.67 Å². The van der Waals surface area contributed by atoms with Crippen molar-refractivity contribution in [2.24, 2.45) is 0 Å². The lowest BCUT2D eigenvalue weighted by Gasteiger charge is -1.98. The van der Waals surface area contributed by atoms with Crippen molar-refractivity contribution in [2.45, 2.75) is 0 Å². The van der Waals surface area contributed by atoms with Gasteiger partial charge in [0.2, 0.25) is 16.4 Å². The molecule has 1 amide bonds. The average molecular weight is 164 g/mol. The van der Waals surface area contributed by atoms with Crippen LogP contribution >= 0.6 is 0 Å². The summed E-state index contributed by atoms with van der Waals surface area (Å²) >= 11 is 0. The second-order valence-corrected chi connectivity index (χ2v) is 3.07. The summed E-state index contributed by atoms with van der Waals surface area (Å²) in [5.41, 5.74) is 0. The molecule has 0 spiro atoms. The SMILES string of the molecule is C=CS(=O)(=O)NCNC=O. The lowest BCUT2D eigenvalue weighted by molar-refractivity contribution is -0.109. The van der Waals surface area contributed by atoms with Gasteiger partial charge in [-0.25, -0.2) is 8.42 Å². The third-order valence-corrected chi connectivity index (χ3v) is 1.66. The van der Waals surface area contributed by atoms with Gasteiger partial charge in [-0.1, -0.05) is 6.58 Å². The first-order valence-corrected chi connectivity index (χ1v) is 3.96. The highest BCUT2D eigenvalue weighted by atomic mass is 32.2. The summed E-state index contributed by atoms with van der Waals surface area (Å²) in [6, 6.07) is 0. The molecule has 0 aliphatic heterocycles. The molecule has 5 nitrogen and oxygen atoms in total. The van der Waals surface area contributed by atoms with Crippen LogP contribution in [0.1, 0.15) is 0 Å². The number of carbonyl (C=O) groups excluding carboxylic acids is 1. The fourth-order valence-electron chi connectivity index (χ4n) is 0.243. The topological polar surface area (TPSA) is 75.3 Å². The van der Waals surface area contributed by atoms with Gasteiger partial charge in [0.15, 0.2) is 0 Å². The van der Waals surface area contributed by atoms with Crippen molar-refractivity contribution in [3.8, 4) is 0 Å². The van der Waals surface area contributed by atoms with Gasteiger partial charge in [-0.3, -0.25) is 4.79 Å². The first-order chi connectivity index (χ1) is 4.62. The molecule has 0 bridgehead atoms. The molecule has 0 radical (unpaired) electrons. The standard InChI is InChI=1S/C4H8N2O3S/c1-2-10(8,9)6-3-5-4-7/h2,4,6H,1,3H2,(H,5,7). The maximum atomic E-state index is 10.5. The molecule has 0 aromatic carbocycles. The van der Waals surface area contributed by atoms with Crippen LogP contribution in [0, 0.1) is 0 Å². The van der Waals surface area contributed by atoms with Crippen LogP contribution in [0.4, 0.5) is 0 Å². The molecule has 0 aromatic rings. The second-order valence-electron chi connectivity index (χ2n) is 1.35. The van der Waals surface area contributed by atoms with Crippen LogP contribution < -0.4 is 10.0 Å². The lowest BCUT2D eigenvalue weighted by Crippen LogP contribution is -2.31. The summed E-state index contributed by atoms with van der Waals surface area (Å²) in [6.07, 6.45) is 0.394. The van der Waals surface area contributed by atoms with E-state index in [1.54, 1.807) is 0 Å². The number of carbonyl (C=O) groups is 1. The van der Waals surface area contributed by atoms with Crippen molar-refractivity contribution in [2.75, 3.05) is 6.67 Å². The van der Waals surface area contributed by atoms with E-state index in [0.717, 1.165) is 5.41 Å². The van der Waals surface area contributed by atoms with Crippen LogP contribution in [0.3, 0.4) is 0 Å². The van der Waals surface area contributed by atoms with Gasteiger partial charge >= 0.3 is 0 Å². The van der Waals surface area contributed by atoms with Gasteiger partial charge in [-0.15, -0.1) is 0 Å². The Bertz CT molecular complexity index is 209. The Kier molecular flexibility index (Phi) is 3.67. The molecule has 10 heavy (non-hydrogen) atoms. The van der Waals surface area contributed by atoms with Crippen LogP contribution in [-0.4, -0.2) is 21.5 Å². The summed E-state index contributed by atoms with van der Waals surface area (Å²) < 4.78 is 23.0. The van der Waals surface area contributed by atoms with E-state index >= 15 is 0 Å². The summed E-state index contributed by atoms with van der Waals surface area (Å²) in [5.74, 6) is 0. The van der Waals surface area contributed by atoms with Gasteiger partial charge in [0.1, 0.15) is 0 Å². The van der Waals surface area contributed by atoms with Crippen LogP contribution in [0.5, 0.6) is 0 Å². The number of hydrogen-bond donors (Lipinski definition) is 2. The smallest absolute Gasteiger partial charge is 0.234 e. The molecule has 0 aliphatic rings. The summed E-state index contributed by atoms with van der Waals surface area (Å²) in [4.78, 5) is 9.61. The summed E-state index contributed by atoms with van der Waals surface area (Å²) in [5, 5.41) is 2.88. The second kappa shape index (κ2) is 4.02. The minimum absolute atomic E-state index is 0.113. The van der Waals surface area contributed by atoms with Crippen molar-refractivity contribution in [1.82, 2.24) is 10.0 Å². The van der Waals surface area contributed by atoms with Crippen molar-refractivity contribution >= 4 is 16.4 Å². The van der Waals surface area contributed by atoms with Crippen LogP contribution in [0.2, 0.25) is 0 Å². The van der Waals surface area contributed by atoms with E-state index in [1.807, 2.05) is 4.72 Å². The predicted molar refractivity (Wildman–Crippen MR) is 36.3 cm³/mol. The van der Waals surface area contributed by atoms with Crippen molar-refractivity contribution in [1.29, 1.82) is 0 Å².